The Kier molecular flexibility index (Phi) is 5.84. The van der Waals surface area contributed by atoms with E-state index in [4.69, 9.17) is 5.73 Å². The lowest BCUT2D eigenvalue weighted by atomic mass is 10.3. The van der Waals surface area contributed by atoms with Crippen LogP contribution >= 0.6 is 11.8 Å². The molecule has 10 heavy (non-hydrogen) atoms. The largest absolute Gasteiger partial charge is 0.328 e. The van der Waals surface area contributed by atoms with Crippen LogP contribution in [0.25, 0.3) is 0 Å². The molecule has 2 atom stereocenters. The van der Waals surface area contributed by atoms with Gasteiger partial charge in [-0.25, -0.2) is 0 Å². The molecule has 0 saturated heterocycles. The van der Waals surface area contributed by atoms with Crippen molar-refractivity contribution in [1.29, 1.82) is 0 Å². The van der Waals surface area contributed by atoms with Crippen molar-refractivity contribution in [2.24, 2.45) is 5.73 Å². The maximum absolute atomic E-state index is 5.58. The van der Waals surface area contributed by atoms with E-state index < -0.39 is 0 Å². The van der Waals surface area contributed by atoms with Crippen LogP contribution in [-0.2, 0) is 0 Å². The zero-order valence-electron chi connectivity index (χ0n) is 6.84. The molecule has 0 rings (SSSR count). The van der Waals surface area contributed by atoms with Gasteiger partial charge in [0, 0.05) is 11.3 Å². The van der Waals surface area contributed by atoms with Gasteiger partial charge < -0.3 is 5.73 Å². The van der Waals surface area contributed by atoms with Gasteiger partial charge in [0.05, 0.1) is 0 Å². The second-order valence-electron chi connectivity index (χ2n) is 2.58. The van der Waals surface area contributed by atoms with Crippen LogP contribution in [0.3, 0.4) is 0 Å². The first-order chi connectivity index (χ1) is 4.66. The molecule has 0 heterocycles. The van der Waals surface area contributed by atoms with Crippen LogP contribution in [0.1, 0.15) is 20.3 Å². The molecule has 0 aromatic carbocycles. The molecule has 0 aliphatic carbocycles. The fourth-order valence-corrected chi connectivity index (χ4v) is 1.52. The van der Waals surface area contributed by atoms with Gasteiger partial charge in [-0.1, -0.05) is 6.08 Å². The van der Waals surface area contributed by atoms with Crippen molar-refractivity contribution < 1.29 is 0 Å². The van der Waals surface area contributed by atoms with E-state index in [-0.39, 0.29) is 0 Å². The molecule has 0 fully saturated rings. The SMILES string of the molecule is C=CC(C)SCCC(C)N. The lowest BCUT2D eigenvalue weighted by Gasteiger charge is -2.06. The first-order valence-electron chi connectivity index (χ1n) is 3.66. The Morgan fingerprint density at radius 2 is 2.20 bits per heavy atom. The maximum Gasteiger partial charge on any atom is 0.0196 e. The summed E-state index contributed by atoms with van der Waals surface area (Å²) >= 11 is 1.91. The van der Waals surface area contributed by atoms with E-state index in [0.29, 0.717) is 11.3 Å². The molecule has 0 aromatic rings. The lowest BCUT2D eigenvalue weighted by Crippen LogP contribution is -2.15. The molecule has 0 aromatic heterocycles. The van der Waals surface area contributed by atoms with Crippen LogP contribution in [0.2, 0.25) is 0 Å². The summed E-state index contributed by atoms with van der Waals surface area (Å²) in [5.41, 5.74) is 5.58. The molecule has 2 N–H and O–H groups in total. The number of hydrogen-bond donors (Lipinski definition) is 1. The van der Waals surface area contributed by atoms with Crippen LogP contribution in [0.5, 0.6) is 0 Å². The van der Waals surface area contributed by atoms with Crippen molar-refractivity contribution in [2.75, 3.05) is 5.75 Å². The van der Waals surface area contributed by atoms with Crippen LogP contribution in [0, 0.1) is 0 Å². The molecular weight excluding hydrogens is 142 g/mol. The third-order valence-electron chi connectivity index (χ3n) is 1.29. The maximum atomic E-state index is 5.58. The highest BCUT2D eigenvalue weighted by Crippen LogP contribution is 2.12. The van der Waals surface area contributed by atoms with Gasteiger partial charge in [-0.15, -0.1) is 6.58 Å². The average molecular weight is 159 g/mol. The highest BCUT2D eigenvalue weighted by Gasteiger charge is 1.97. The minimum Gasteiger partial charge on any atom is -0.328 e. The highest BCUT2D eigenvalue weighted by molar-refractivity contribution is 8.00. The molecule has 0 radical (unpaired) electrons. The second-order valence-corrected chi connectivity index (χ2v) is 4.06. The van der Waals surface area contributed by atoms with Crippen LogP contribution in [0.15, 0.2) is 12.7 Å². The van der Waals surface area contributed by atoms with Crippen LogP contribution in [-0.4, -0.2) is 17.0 Å². The molecule has 0 spiro atoms. The summed E-state index contributed by atoms with van der Waals surface area (Å²) in [4.78, 5) is 0. The number of hydrogen-bond acceptors (Lipinski definition) is 2. The van der Waals surface area contributed by atoms with E-state index in [1.165, 1.54) is 0 Å². The number of thioether (sulfide) groups is 1. The molecule has 0 amide bonds. The lowest BCUT2D eigenvalue weighted by molar-refractivity contribution is 0.721. The van der Waals surface area contributed by atoms with Crippen molar-refractivity contribution >= 4 is 11.8 Å². The Labute approximate surface area is 68.1 Å². The van der Waals surface area contributed by atoms with Crippen molar-refractivity contribution in [3.63, 3.8) is 0 Å². The normalized spacial score (nSPS) is 16.3. The average Bonchev–Trinajstić information content (AvgIpc) is 1.87. The number of rotatable bonds is 5. The van der Waals surface area contributed by atoms with Gasteiger partial charge >= 0.3 is 0 Å². The Hall–Kier alpha value is 0.0500. The van der Waals surface area contributed by atoms with E-state index in [9.17, 15) is 0 Å². The summed E-state index contributed by atoms with van der Waals surface area (Å²) < 4.78 is 0. The smallest absolute Gasteiger partial charge is 0.0196 e. The first-order valence-corrected chi connectivity index (χ1v) is 4.71. The summed E-state index contributed by atoms with van der Waals surface area (Å²) in [6.45, 7) is 7.90. The van der Waals surface area contributed by atoms with Gasteiger partial charge in [-0.05, 0) is 26.0 Å². The Morgan fingerprint density at radius 1 is 1.60 bits per heavy atom. The quantitative estimate of drug-likeness (QED) is 0.621. The van der Waals surface area contributed by atoms with E-state index in [2.05, 4.69) is 13.5 Å². The van der Waals surface area contributed by atoms with Gasteiger partial charge in [0.15, 0.2) is 0 Å². The summed E-state index contributed by atoms with van der Waals surface area (Å²) in [6.07, 6.45) is 3.06. The van der Waals surface area contributed by atoms with Crippen molar-refractivity contribution in [2.45, 2.75) is 31.6 Å². The zero-order valence-corrected chi connectivity index (χ0v) is 7.66. The highest BCUT2D eigenvalue weighted by atomic mass is 32.2. The van der Waals surface area contributed by atoms with Crippen LogP contribution < -0.4 is 5.73 Å². The van der Waals surface area contributed by atoms with E-state index in [1.807, 2.05) is 24.8 Å². The molecule has 0 aliphatic rings. The van der Waals surface area contributed by atoms with Gasteiger partial charge in [-0.2, -0.15) is 11.8 Å². The van der Waals surface area contributed by atoms with Gasteiger partial charge in [0.25, 0.3) is 0 Å². The Balaban J connectivity index is 3.11. The molecule has 0 saturated carbocycles. The van der Waals surface area contributed by atoms with E-state index >= 15 is 0 Å². The Morgan fingerprint density at radius 3 is 2.60 bits per heavy atom. The topological polar surface area (TPSA) is 26.0 Å². The van der Waals surface area contributed by atoms with Crippen molar-refractivity contribution in [3.8, 4) is 0 Å². The fourth-order valence-electron chi connectivity index (χ4n) is 0.508. The summed E-state index contributed by atoms with van der Waals surface area (Å²) in [5.74, 6) is 1.14. The molecule has 0 bridgehead atoms. The predicted molar refractivity (Wildman–Crippen MR) is 50.4 cm³/mol. The Bertz CT molecular complexity index is 91.3. The second kappa shape index (κ2) is 5.81. The molecule has 1 nitrogen and oxygen atoms in total. The third-order valence-corrected chi connectivity index (χ3v) is 2.48. The van der Waals surface area contributed by atoms with Gasteiger partial charge in [0.2, 0.25) is 0 Å². The monoisotopic (exact) mass is 159 g/mol. The first kappa shape index (κ1) is 10.0. The zero-order chi connectivity index (χ0) is 7.98. The van der Waals surface area contributed by atoms with Gasteiger partial charge in [0.1, 0.15) is 0 Å². The summed E-state index contributed by atoms with van der Waals surface area (Å²) in [5, 5.41) is 0.568. The standard InChI is InChI=1S/C8H17NS/c1-4-8(3)10-6-5-7(2)9/h4,7-8H,1,5-6,9H2,2-3H3. The molecule has 0 aliphatic heterocycles. The van der Waals surface area contributed by atoms with Crippen molar-refractivity contribution in [1.82, 2.24) is 0 Å². The molecule has 2 unspecified atom stereocenters. The van der Waals surface area contributed by atoms with Crippen LogP contribution in [0.4, 0.5) is 0 Å². The minimum absolute atomic E-state index is 0.338. The van der Waals surface area contributed by atoms with E-state index in [1.54, 1.807) is 0 Å². The van der Waals surface area contributed by atoms with Gasteiger partial charge in [-0.3, -0.25) is 0 Å². The fraction of sp³-hybridized carbons (Fsp3) is 0.750. The predicted octanol–water partition coefficient (Wildman–Crippen LogP) is 2.03. The molecular formula is C8H17NS. The summed E-state index contributed by atoms with van der Waals surface area (Å²) in [6, 6.07) is 0.338. The number of nitrogens with two attached hydrogens (primary N) is 1. The third kappa shape index (κ3) is 6.17. The van der Waals surface area contributed by atoms with Crippen molar-refractivity contribution in [3.05, 3.63) is 12.7 Å². The summed E-state index contributed by atoms with van der Waals surface area (Å²) in [7, 11) is 0. The minimum atomic E-state index is 0.338. The molecule has 2 heteroatoms. The van der Waals surface area contributed by atoms with E-state index in [0.717, 1.165) is 12.2 Å². The molecule has 60 valence electrons.